The first-order valence-corrected chi connectivity index (χ1v) is 9.55. The van der Waals surface area contributed by atoms with Gasteiger partial charge in [0.05, 0.1) is 11.4 Å². The molecular formula is C19H31N7O2. The molecule has 0 spiro atoms. The molecule has 0 aliphatic rings. The number of nitrogens with zero attached hydrogens (tertiary/aromatic N) is 3. The summed E-state index contributed by atoms with van der Waals surface area (Å²) in [5.74, 6) is 0.226. The summed E-state index contributed by atoms with van der Waals surface area (Å²) in [6, 6.07) is 7.50. The fourth-order valence-corrected chi connectivity index (χ4v) is 2.97. The summed E-state index contributed by atoms with van der Waals surface area (Å²) in [6.07, 6.45) is 5.89. The predicted molar refractivity (Wildman–Crippen MR) is 114 cm³/mol. The van der Waals surface area contributed by atoms with Gasteiger partial charge in [0.25, 0.3) is 0 Å². The van der Waals surface area contributed by atoms with Crippen LogP contribution in [0.1, 0.15) is 25.7 Å². The molecule has 0 aliphatic carbocycles. The molecule has 28 heavy (non-hydrogen) atoms. The lowest BCUT2D eigenvalue weighted by Gasteiger charge is -2.22. The topological polar surface area (TPSA) is 134 Å². The van der Waals surface area contributed by atoms with E-state index in [0.717, 1.165) is 43.6 Å². The lowest BCUT2D eigenvalue weighted by Crippen LogP contribution is -2.26. The third-order valence-corrected chi connectivity index (χ3v) is 4.55. The number of unbranched alkanes of at least 4 members (excludes halogenated alkanes) is 3. The van der Waals surface area contributed by atoms with Crippen LogP contribution in [0, 0.1) is 0 Å². The summed E-state index contributed by atoms with van der Waals surface area (Å²) in [4.78, 5) is 17.6. The molecule has 1 aromatic carbocycles. The van der Waals surface area contributed by atoms with Crippen LogP contribution in [0.5, 0.6) is 0 Å². The van der Waals surface area contributed by atoms with Crippen LogP contribution in [0.2, 0.25) is 0 Å². The Balaban J connectivity index is 1.80. The van der Waals surface area contributed by atoms with Gasteiger partial charge >= 0.3 is 5.69 Å². The second-order valence-electron chi connectivity index (χ2n) is 6.77. The zero-order chi connectivity index (χ0) is 20.4. The van der Waals surface area contributed by atoms with E-state index < -0.39 is 0 Å². The van der Waals surface area contributed by atoms with Crippen LogP contribution in [0.25, 0.3) is 0 Å². The SMILES string of the molecule is CN(CCCCCCNO)c1ccc(NCCn2ccc(N)nc2=O)cc1N. The number of rotatable bonds is 12. The van der Waals surface area contributed by atoms with E-state index in [0.29, 0.717) is 25.3 Å². The van der Waals surface area contributed by atoms with E-state index in [1.807, 2.05) is 25.2 Å². The molecule has 0 bridgehead atoms. The van der Waals surface area contributed by atoms with Gasteiger partial charge in [0.1, 0.15) is 5.82 Å². The van der Waals surface area contributed by atoms with E-state index in [4.69, 9.17) is 16.7 Å². The summed E-state index contributed by atoms with van der Waals surface area (Å²) in [6.45, 7) is 2.62. The molecule has 0 saturated carbocycles. The van der Waals surface area contributed by atoms with Crippen LogP contribution in [-0.4, -0.2) is 41.4 Å². The molecule has 154 valence electrons. The number of hydroxylamine groups is 1. The second-order valence-corrected chi connectivity index (χ2v) is 6.77. The van der Waals surface area contributed by atoms with Gasteiger partial charge in [-0.2, -0.15) is 4.98 Å². The summed E-state index contributed by atoms with van der Waals surface area (Å²) < 4.78 is 1.51. The molecule has 0 fully saturated rings. The standard InChI is InChI=1S/C19H31N7O2/c1-25(11-5-3-2-4-9-23-28)17-7-6-15(14-16(17)20)22-10-13-26-12-8-18(21)24-19(26)27/h6-8,12,14,22-23,28H,2-5,9-11,13,20H2,1H3,(H2,21,24,27). The summed E-state index contributed by atoms with van der Waals surface area (Å²) in [7, 11) is 2.04. The third-order valence-electron chi connectivity index (χ3n) is 4.55. The van der Waals surface area contributed by atoms with Crippen molar-refractivity contribution in [3.05, 3.63) is 40.9 Å². The molecular weight excluding hydrogens is 358 g/mol. The Kier molecular flexibility index (Phi) is 8.57. The highest BCUT2D eigenvalue weighted by molar-refractivity contribution is 5.72. The minimum absolute atomic E-state index is 0.226. The van der Waals surface area contributed by atoms with Gasteiger partial charge < -0.3 is 26.9 Å². The van der Waals surface area contributed by atoms with Crippen LogP contribution in [0.3, 0.4) is 0 Å². The van der Waals surface area contributed by atoms with Crippen molar-refractivity contribution in [2.45, 2.75) is 32.2 Å². The van der Waals surface area contributed by atoms with Gasteiger partial charge in [-0.1, -0.05) is 12.8 Å². The van der Waals surface area contributed by atoms with Crippen molar-refractivity contribution in [1.82, 2.24) is 15.0 Å². The van der Waals surface area contributed by atoms with Crippen molar-refractivity contribution in [3.63, 3.8) is 0 Å². The van der Waals surface area contributed by atoms with Gasteiger partial charge in [-0.3, -0.25) is 4.57 Å². The molecule has 1 heterocycles. The number of hydrogen-bond acceptors (Lipinski definition) is 8. The monoisotopic (exact) mass is 389 g/mol. The molecule has 0 aliphatic heterocycles. The van der Waals surface area contributed by atoms with Crippen molar-refractivity contribution in [1.29, 1.82) is 0 Å². The molecule has 2 rings (SSSR count). The van der Waals surface area contributed by atoms with Crippen molar-refractivity contribution < 1.29 is 5.21 Å². The zero-order valence-corrected chi connectivity index (χ0v) is 16.4. The Morgan fingerprint density at radius 2 is 1.93 bits per heavy atom. The predicted octanol–water partition coefficient (Wildman–Crippen LogP) is 1.50. The molecule has 2 aromatic rings. The number of aromatic nitrogens is 2. The summed E-state index contributed by atoms with van der Waals surface area (Å²) in [5, 5.41) is 11.8. The van der Waals surface area contributed by atoms with Gasteiger partial charge in [-0.25, -0.2) is 10.3 Å². The minimum Gasteiger partial charge on any atom is -0.397 e. The number of anilines is 4. The molecule has 0 atom stereocenters. The highest BCUT2D eigenvalue weighted by Gasteiger charge is 2.06. The van der Waals surface area contributed by atoms with E-state index >= 15 is 0 Å². The Morgan fingerprint density at radius 1 is 1.14 bits per heavy atom. The molecule has 0 amide bonds. The fraction of sp³-hybridized carbons (Fsp3) is 0.474. The highest BCUT2D eigenvalue weighted by atomic mass is 16.5. The molecule has 1 aromatic heterocycles. The largest absolute Gasteiger partial charge is 0.397 e. The fourth-order valence-electron chi connectivity index (χ4n) is 2.97. The molecule has 0 radical (unpaired) electrons. The maximum atomic E-state index is 11.7. The van der Waals surface area contributed by atoms with Crippen LogP contribution in [0.15, 0.2) is 35.3 Å². The molecule has 9 heteroatoms. The average molecular weight is 390 g/mol. The lowest BCUT2D eigenvalue weighted by atomic mass is 10.1. The summed E-state index contributed by atoms with van der Waals surface area (Å²) in [5.41, 5.74) is 16.1. The van der Waals surface area contributed by atoms with Crippen LogP contribution >= 0.6 is 0 Å². The number of nitrogens with two attached hydrogens (primary N) is 2. The van der Waals surface area contributed by atoms with Gasteiger partial charge in [0.15, 0.2) is 0 Å². The maximum Gasteiger partial charge on any atom is 0.349 e. The highest BCUT2D eigenvalue weighted by Crippen LogP contribution is 2.26. The zero-order valence-electron chi connectivity index (χ0n) is 16.4. The normalized spacial score (nSPS) is 10.8. The molecule has 0 saturated heterocycles. The van der Waals surface area contributed by atoms with Crippen molar-refractivity contribution in [2.24, 2.45) is 0 Å². The van der Waals surface area contributed by atoms with E-state index in [9.17, 15) is 4.79 Å². The second kappa shape index (κ2) is 11.2. The Morgan fingerprint density at radius 3 is 2.64 bits per heavy atom. The van der Waals surface area contributed by atoms with Crippen molar-refractivity contribution >= 4 is 22.9 Å². The number of nitrogens with one attached hydrogen (secondary N) is 2. The van der Waals surface area contributed by atoms with Crippen LogP contribution < -0.4 is 32.9 Å². The lowest BCUT2D eigenvalue weighted by molar-refractivity contribution is 0.164. The molecule has 0 unspecified atom stereocenters. The quantitative estimate of drug-likeness (QED) is 0.209. The molecule has 7 N–H and O–H groups in total. The van der Waals surface area contributed by atoms with Gasteiger partial charge in [0, 0.05) is 45.1 Å². The Hall–Kier alpha value is -2.78. The molecule has 9 nitrogen and oxygen atoms in total. The van der Waals surface area contributed by atoms with E-state index in [-0.39, 0.29) is 11.5 Å². The number of nitrogen functional groups attached to an aromatic ring is 2. The number of benzene rings is 1. The van der Waals surface area contributed by atoms with Gasteiger partial charge in [0.2, 0.25) is 0 Å². The van der Waals surface area contributed by atoms with E-state index in [2.05, 4.69) is 20.7 Å². The van der Waals surface area contributed by atoms with Crippen molar-refractivity contribution in [2.75, 3.05) is 48.4 Å². The van der Waals surface area contributed by atoms with Gasteiger partial charge in [-0.05, 0) is 37.1 Å². The Bertz CT molecular complexity index is 794. The van der Waals surface area contributed by atoms with E-state index in [1.54, 1.807) is 12.3 Å². The first-order chi connectivity index (χ1) is 13.5. The van der Waals surface area contributed by atoms with Crippen LogP contribution in [-0.2, 0) is 6.54 Å². The van der Waals surface area contributed by atoms with E-state index in [1.165, 1.54) is 4.57 Å². The first-order valence-electron chi connectivity index (χ1n) is 9.55. The van der Waals surface area contributed by atoms with Crippen molar-refractivity contribution in [3.8, 4) is 0 Å². The summed E-state index contributed by atoms with van der Waals surface area (Å²) >= 11 is 0. The maximum absolute atomic E-state index is 11.7. The van der Waals surface area contributed by atoms with Crippen LogP contribution in [0.4, 0.5) is 22.9 Å². The van der Waals surface area contributed by atoms with Gasteiger partial charge in [-0.15, -0.1) is 0 Å². The minimum atomic E-state index is -0.356. The average Bonchev–Trinajstić information content (AvgIpc) is 2.66. The third kappa shape index (κ3) is 6.75. The Labute approximate surface area is 165 Å². The smallest absolute Gasteiger partial charge is 0.349 e. The first kappa shape index (κ1) is 21.5. The number of hydrogen-bond donors (Lipinski definition) is 5.